The molecule has 0 atom stereocenters. The molecule has 3 rings (SSSR count). The lowest BCUT2D eigenvalue weighted by atomic mass is 10.3. The molecular formula is C17H21BrFN7O4. The van der Waals surface area contributed by atoms with Crippen molar-refractivity contribution < 1.29 is 23.9 Å². The molecule has 13 heteroatoms. The molecule has 0 bridgehead atoms. The average Bonchev–Trinajstić information content (AvgIpc) is 3.40. The van der Waals surface area contributed by atoms with Crippen LogP contribution in [-0.4, -0.2) is 46.6 Å². The Morgan fingerprint density at radius 2 is 2.17 bits per heavy atom. The van der Waals surface area contributed by atoms with Gasteiger partial charge in [-0.05, 0) is 57.3 Å². The lowest BCUT2D eigenvalue weighted by Crippen LogP contribution is -2.42. The van der Waals surface area contributed by atoms with Crippen LogP contribution in [0.2, 0.25) is 0 Å². The molecule has 2 amide bonds. The molecule has 11 nitrogen and oxygen atoms in total. The van der Waals surface area contributed by atoms with Crippen LogP contribution in [-0.2, 0) is 4.84 Å². The van der Waals surface area contributed by atoms with E-state index in [0.717, 1.165) is 25.7 Å². The number of amides is 2. The maximum atomic E-state index is 13.4. The van der Waals surface area contributed by atoms with Crippen molar-refractivity contribution in [2.24, 2.45) is 5.16 Å². The number of amidine groups is 1. The first-order valence-corrected chi connectivity index (χ1v) is 10.1. The number of nitrogens with one attached hydrogen (secondary N) is 4. The number of benzene rings is 1. The largest absolute Gasteiger partial charge is 0.409 e. The van der Waals surface area contributed by atoms with E-state index in [4.69, 9.17) is 4.84 Å². The maximum Gasteiger partial charge on any atom is 0.315 e. The third-order valence-electron chi connectivity index (χ3n) is 4.34. The van der Waals surface area contributed by atoms with Crippen molar-refractivity contribution in [3.8, 4) is 0 Å². The normalized spacial score (nSPS) is 14.5. The molecular weight excluding hydrogens is 465 g/mol. The number of aromatic nitrogens is 2. The van der Waals surface area contributed by atoms with Gasteiger partial charge in [0.1, 0.15) is 5.82 Å². The molecule has 0 radical (unpaired) electrons. The highest BCUT2D eigenvalue weighted by molar-refractivity contribution is 9.10. The summed E-state index contributed by atoms with van der Waals surface area (Å²) in [4.78, 5) is 17.0. The number of anilines is 2. The molecule has 30 heavy (non-hydrogen) atoms. The topological polar surface area (TPSA) is 146 Å². The Bertz CT molecular complexity index is 889. The van der Waals surface area contributed by atoms with Crippen LogP contribution in [0.15, 0.2) is 32.5 Å². The zero-order chi connectivity index (χ0) is 21.3. The highest BCUT2D eigenvalue weighted by Crippen LogP contribution is 2.21. The van der Waals surface area contributed by atoms with Gasteiger partial charge in [-0.25, -0.2) is 19.3 Å². The van der Waals surface area contributed by atoms with Crippen LogP contribution in [0.5, 0.6) is 0 Å². The number of carbonyl (C=O) groups is 1. The van der Waals surface area contributed by atoms with Crippen molar-refractivity contribution in [3.05, 3.63) is 34.2 Å². The third kappa shape index (κ3) is 6.03. The standard InChI is InChI=1S/C17H21BrFN7O4/c18-12-9-11(5-6-13(12)19)21-15(23-28)14-16(26-30-24-14)25-29-8-7-20-17(27)22-10-3-1-2-4-10/h5-6,9-10,28H,1-4,7-8H2,(H,21,23)(H,25,26)(H2,20,22,27). The monoisotopic (exact) mass is 485 g/mol. The van der Waals surface area contributed by atoms with Gasteiger partial charge in [-0.2, -0.15) is 0 Å². The van der Waals surface area contributed by atoms with E-state index in [1.54, 1.807) is 0 Å². The number of rotatable bonds is 8. The van der Waals surface area contributed by atoms with E-state index in [-0.39, 0.29) is 47.0 Å². The molecule has 0 aliphatic heterocycles. The van der Waals surface area contributed by atoms with Gasteiger partial charge >= 0.3 is 6.03 Å². The number of urea groups is 1. The van der Waals surface area contributed by atoms with E-state index in [1.807, 2.05) is 0 Å². The van der Waals surface area contributed by atoms with Gasteiger partial charge in [0, 0.05) is 18.3 Å². The van der Waals surface area contributed by atoms with Gasteiger partial charge in [0.2, 0.25) is 11.7 Å². The Labute approximate surface area is 179 Å². The predicted molar refractivity (Wildman–Crippen MR) is 109 cm³/mol. The summed E-state index contributed by atoms with van der Waals surface area (Å²) < 4.78 is 18.2. The fraction of sp³-hybridized carbons (Fsp3) is 0.412. The van der Waals surface area contributed by atoms with Crippen LogP contribution >= 0.6 is 15.9 Å². The summed E-state index contributed by atoms with van der Waals surface area (Å²) in [6.45, 7) is 0.392. The van der Waals surface area contributed by atoms with Crippen LogP contribution in [0.25, 0.3) is 0 Å². The van der Waals surface area contributed by atoms with Crippen LogP contribution in [0.3, 0.4) is 0 Å². The fourth-order valence-corrected chi connectivity index (χ4v) is 3.27. The van der Waals surface area contributed by atoms with Gasteiger partial charge in [-0.15, -0.1) is 0 Å². The molecule has 1 saturated carbocycles. The molecule has 162 valence electrons. The number of hydrogen-bond acceptors (Lipinski definition) is 8. The number of nitrogens with zero attached hydrogens (tertiary/aromatic N) is 3. The molecule has 1 aromatic carbocycles. The Morgan fingerprint density at radius 3 is 2.90 bits per heavy atom. The second-order valence-electron chi connectivity index (χ2n) is 6.50. The first-order chi connectivity index (χ1) is 14.6. The average molecular weight is 486 g/mol. The molecule has 1 aliphatic rings. The number of oxime groups is 1. The number of hydrogen-bond donors (Lipinski definition) is 5. The molecule has 1 aromatic heterocycles. The number of halogens is 2. The molecule has 1 aliphatic carbocycles. The van der Waals surface area contributed by atoms with Crippen molar-refractivity contribution in [1.29, 1.82) is 0 Å². The third-order valence-corrected chi connectivity index (χ3v) is 4.95. The Balaban J connectivity index is 1.45. The summed E-state index contributed by atoms with van der Waals surface area (Å²) >= 11 is 3.07. The van der Waals surface area contributed by atoms with E-state index < -0.39 is 5.82 Å². The van der Waals surface area contributed by atoms with Crippen molar-refractivity contribution in [2.75, 3.05) is 23.9 Å². The van der Waals surface area contributed by atoms with Crippen LogP contribution in [0, 0.1) is 5.82 Å². The van der Waals surface area contributed by atoms with Gasteiger partial charge in [-0.1, -0.05) is 18.0 Å². The van der Waals surface area contributed by atoms with Crippen LogP contribution in [0.1, 0.15) is 31.4 Å². The molecule has 0 unspecified atom stereocenters. The summed E-state index contributed by atoms with van der Waals surface area (Å²) in [6.07, 6.45) is 4.28. The Kier molecular flexibility index (Phi) is 7.79. The lowest BCUT2D eigenvalue weighted by Gasteiger charge is -2.13. The van der Waals surface area contributed by atoms with Crippen LogP contribution in [0.4, 0.5) is 20.7 Å². The molecule has 0 spiro atoms. The Morgan fingerprint density at radius 1 is 1.37 bits per heavy atom. The van der Waals surface area contributed by atoms with E-state index in [2.05, 4.69) is 57.5 Å². The van der Waals surface area contributed by atoms with Gasteiger partial charge in [0.25, 0.3) is 0 Å². The number of carbonyl (C=O) groups excluding carboxylic acids is 1. The molecule has 5 N–H and O–H groups in total. The summed E-state index contributed by atoms with van der Waals surface area (Å²) in [5, 5.41) is 28.1. The molecule has 1 fully saturated rings. The highest BCUT2D eigenvalue weighted by Gasteiger charge is 2.19. The molecule has 2 aromatic rings. The smallest absolute Gasteiger partial charge is 0.315 e. The summed E-state index contributed by atoms with van der Waals surface area (Å²) in [5.74, 6) is -0.491. The highest BCUT2D eigenvalue weighted by atomic mass is 79.9. The first kappa shape index (κ1) is 21.8. The fourth-order valence-electron chi connectivity index (χ4n) is 2.89. The lowest BCUT2D eigenvalue weighted by molar-refractivity contribution is 0.187. The van der Waals surface area contributed by atoms with Gasteiger partial charge in [0.05, 0.1) is 11.1 Å². The SMILES string of the molecule is O=C(NCCONc1nonc1/C(=N/O)Nc1ccc(F)c(Br)c1)NC1CCCC1. The van der Waals surface area contributed by atoms with Gasteiger partial charge in [-0.3, -0.25) is 4.84 Å². The van der Waals surface area contributed by atoms with Crippen molar-refractivity contribution in [1.82, 2.24) is 20.9 Å². The van der Waals surface area contributed by atoms with Crippen LogP contribution < -0.4 is 21.4 Å². The second kappa shape index (κ2) is 10.7. The minimum atomic E-state index is -0.438. The first-order valence-electron chi connectivity index (χ1n) is 9.26. The summed E-state index contributed by atoms with van der Waals surface area (Å²) in [7, 11) is 0. The van der Waals surface area contributed by atoms with Gasteiger partial charge in [0.15, 0.2) is 5.69 Å². The summed E-state index contributed by atoms with van der Waals surface area (Å²) in [6, 6.07) is 4.14. The second-order valence-corrected chi connectivity index (χ2v) is 7.35. The molecule has 1 heterocycles. The van der Waals surface area contributed by atoms with E-state index in [0.29, 0.717) is 5.69 Å². The predicted octanol–water partition coefficient (Wildman–Crippen LogP) is 2.80. The zero-order valence-electron chi connectivity index (χ0n) is 15.8. The maximum absolute atomic E-state index is 13.4. The van der Waals surface area contributed by atoms with Crippen molar-refractivity contribution in [3.63, 3.8) is 0 Å². The zero-order valence-corrected chi connectivity index (χ0v) is 17.4. The van der Waals surface area contributed by atoms with E-state index in [1.165, 1.54) is 18.2 Å². The Hall–Kier alpha value is -2.93. The molecule has 0 saturated heterocycles. The van der Waals surface area contributed by atoms with Crippen molar-refractivity contribution in [2.45, 2.75) is 31.7 Å². The quantitative estimate of drug-likeness (QED) is 0.126. The van der Waals surface area contributed by atoms with E-state index in [9.17, 15) is 14.4 Å². The van der Waals surface area contributed by atoms with Gasteiger partial charge < -0.3 is 21.2 Å². The van der Waals surface area contributed by atoms with Crippen molar-refractivity contribution >= 4 is 39.3 Å². The summed E-state index contributed by atoms with van der Waals surface area (Å²) in [5.41, 5.74) is 2.99. The minimum Gasteiger partial charge on any atom is -0.409 e. The van der Waals surface area contributed by atoms with E-state index >= 15 is 0 Å². The minimum absolute atomic E-state index is 0.0323.